The van der Waals surface area contributed by atoms with Gasteiger partial charge in [0, 0.05) is 18.0 Å². The van der Waals surface area contributed by atoms with Crippen molar-refractivity contribution in [3.63, 3.8) is 0 Å². The fourth-order valence-electron chi connectivity index (χ4n) is 2.87. The number of carbonyl (C=O) groups is 1. The molecule has 0 spiro atoms. The summed E-state index contributed by atoms with van der Waals surface area (Å²) in [5, 5.41) is 5.30. The van der Waals surface area contributed by atoms with Crippen LogP contribution in [0.25, 0.3) is 10.8 Å². The van der Waals surface area contributed by atoms with Gasteiger partial charge in [-0.15, -0.1) is 0 Å². The van der Waals surface area contributed by atoms with Gasteiger partial charge in [-0.25, -0.2) is 13.1 Å². The summed E-state index contributed by atoms with van der Waals surface area (Å²) in [6.07, 6.45) is 0.0464. The highest BCUT2D eigenvalue weighted by molar-refractivity contribution is 7.89. The summed E-state index contributed by atoms with van der Waals surface area (Å²) in [7, 11) is -3.68. The van der Waals surface area contributed by atoms with Gasteiger partial charge in [-0.05, 0) is 47.5 Å². The number of hydrogen-bond donors (Lipinski definition) is 2. The molecule has 0 aliphatic rings. The molecule has 7 heteroatoms. The zero-order valence-corrected chi connectivity index (χ0v) is 16.9. The van der Waals surface area contributed by atoms with Crippen molar-refractivity contribution >= 4 is 38.3 Å². The number of benzene rings is 3. The van der Waals surface area contributed by atoms with Crippen molar-refractivity contribution in [2.75, 3.05) is 6.54 Å². The van der Waals surface area contributed by atoms with Gasteiger partial charge in [0.15, 0.2) is 0 Å². The van der Waals surface area contributed by atoms with E-state index in [9.17, 15) is 13.2 Å². The van der Waals surface area contributed by atoms with E-state index in [2.05, 4.69) is 10.0 Å². The number of rotatable bonds is 7. The number of halogens is 1. The Bertz CT molecular complexity index is 1080. The van der Waals surface area contributed by atoms with Gasteiger partial charge < -0.3 is 5.32 Å². The fraction of sp³-hybridized carbons (Fsp3) is 0.190. The summed E-state index contributed by atoms with van der Waals surface area (Å²) in [6, 6.07) is 19.5. The Balaban J connectivity index is 1.55. The van der Waals surface area contributed by atoms with E-state index < -0.39 is 10.0 Å². The van der Waals surface area contributed by atoms with Crippen molar-refractivity contribution in [1.29, 1.82) is 0 Å². The number of sulfonamides is 1. The van der Waals surface area contributed by atoms with Crippen molar-refractivity contribution in [1.82, 2.24) is 10.0 Å². The maximum Gasteiger partial charge on any atom is 0.240 e. The van der Waals surface area contributed by atoms with Crippen LogP contribution in [0.5, 0.6) is 0 Å². The van der Waals surface area contributed by atoms with Crippen molar-refractivity contribution < 1.29 is 13.2 Å². The molecule has 0 saturated heterocycles. The molecule has 0 aliphatic heterocycles. The van der Waals surface area contributed by atoms with Crippen LogP contribution >= 0.6 is 11.6 Å². The molecule has 1 atom stereocenters. The smallest absolute Gasteiger partial charge is 0.240 e. The van der Waals surface area contributed by atoms with Crippen LogP contribution in [0, 0.1) is 0 Å². The van der Waals surface area contributed by atoms with E-state index in [1.807, 2.05) is 43.3 Å². The van der Waals surface area contributed by atoms with Crippen molar-refractivity contribution in [2.24, 2.45) is 0 Å². The topological polar surface area (TPSA) is 75.3 Å². The zero-order valence-electron chi connectivity index (χ0n) is 15.4. The van der Waals surface area contributed by atoms with Crippen LogP contribution in [0.2, 0.25) is 5.02 Å². The summed E-state index contributed by atoms with van der Waals surface area (Å²) in [4.78, 5) is 12.3. The normalized spacial score (nSPS) is 12.6. The molecule has 0 bridgehead atoms. The average molecular weight is 417 g/mol. The van der Waals surface area contributed by atoms with Crippen molar-refractivity contribution in [2.45, 2.75) is 24.3 Å². The van der Waals surface area contributed by atoms with E-state index in [1.165, 1.54) is 0 Å². The van der Waals surface area contributed by atoms with Crippen LogP contribution in [-0.2, 0) is 14.8 Å². The molecule has 1 unspecified atom stereocenters. The van der Waals surface area contributed by atoms with Gasteiger partial charge in [0.05, 0.1) is 10.9 Å². The Kier molecular flexibility index (Phi) is 6.34. The second-order valence-corrected chi connectivity index (χ2v) is 8.70. The van der Waals surface area contributed by atoms with Gasteiger partial charge >= 0.3 is 0 Å². The molecule has 0 saturated carbocycles. The first-order chi connectivity index (χ1) is 13.3. The molecule has 1 amide bonds. The van der Waals surface area contributed by atoms with E-state index in [0.29, 0.717) is 5.02 Å². The van der Waals surface area contributed by atoms with Gasteiger partial charge in [0.2, 0.25) is 15.9 Å². The second kappa shape index (κ2) is 8.73. The van der Waals surface area contributed by atoms with Crippen LogP contribution in [-0.4, -0.2) is 20.9 Å². The Morgan fingerprint density at radius 2 is 1.68 bits per heavy atom. The number of fused-ring (bicyclic) bond motifs is 1. The van der Waals surface area contributed by atoms with Gasteiger partial charge in [-0.3, -0.25) is 4.79 Å². The Labute approximate surface area is 169 Å². The summed E-state index contributed by atoms with van der Waals surface area (Å²) >= 11 is 5.86. The number of carbonyl (C=O) groups excluding carboxylic acids is 1. The minimum Gasteiger partial charge on any atom is -0.350 e. The third-order valence-corrected chi connectivity index (χ3v) is 6.13. The third kappa shape index (κ3) is 5.10. The maximum atomic E-state index is 12.5. The van der Waals surface area contributed by atoms with Crippen molar-refractivity contribution in [3.05, 3.63) is 77.3 Å². The molecule has 3 aromatic carbocycles. The van der Waals surface area contributed by atoms with Crippen LogP contribution in [0.1, 0.15) is 24.9 Å². The SMILES string of the molecule is CC(NC(=O)CCNS(=O)(=O)c1ccc2ccccc2c1)c1ccc(Cl)cc1. The summed E-state index contributed by atoms with van der Waals surface area (Å²) in [5.41, 5.74) is 0.925. The van der Waals surface area contributed by atoms with Crippen LogP contribution < -0.4 is 10.0 Å². The largest absolute Gasteiger partial charge is 0.350 e. The molecule has 2 N–H and O–H groups in total. The molecule has 146 valence electrons. The van der Waals surface area contributed by atoms with E-state index in [1.54, 1.807) is 30.3 Å². The molecular formula is C21H21ClN2O3S. The Morgan fingerprint density at radius 3 is 2.39 bits per heavy atom. The van der Waals surface area contributed by atoms with Gasteiger partial charge in [-0.1, -0.05) is 54.1 Å². The number of amides is 1. The maximum absolute atomic E-state index is 12.5. The lowest BCUT2D eigenvalue weighted by Crippen LogP contribution is -2.32. The van der Waals surface area contributed by atoms with E-state index in [0.717, 1.165) is 16.3 Å². The first-order valence-electron chi connectivity index (χ1n) is 8.88. The first kappa shape index (κ1) is 20.3. The second-order valence-electron chi connectivity index (χ2n) is 6.50. The first-order valence-corrected chi connectivity index (χ1v) is 10.7. The molecule has 5 nitrogen and oxygen atoms in total. The standard InChI is InChI=1S/C21H21ClN2O3S/c1-15(16-6-9-19(22)10-7-16)24-21(25)12-13-23-28(26,27)20-11-8-17-4-2-3-5-18(17)14-20/h2-11,14-15,23H,12-13H2,1H3,(H,24,25). The minimum atomic E-state index is -3.68. The Hall–Kier alpha value is -2.41. The molecule has 0 aliphatic carbocycles. The molecule has 0 heterocycles. The summed E-state index contributed by atoms with van der Waals surface area (Å²) < 4.78 is 27.4. The van der Waals surface area contributed by atoms with Crippen molar-refractivity contribution in [3.8, 4) is 0 Å². The van der Waals surface area contributed by atoms with E-state index in [-0.39, 0.29) is 29.8 Å². The summed E-state index contributed by atoms with van der Waals surface area (Å²) in [6.45, 7) is 1.88. The van der Waals surface area contributed by atoms with E-state index >= 15 is 0 Å². The predicted octanol–water partition coefficient (Wildman–Crippen LogP) is 4.04. The number of nitrogens with one attached hydrogen (secondary N) is 2. The van der Waals surface area contributed by atoms with Gasteiger partial charge in [-0.2, -0.15) is 0 Å². The van der Waals surface area contributed by atoms with Gasteiger partial charge in [0.1, 0.15) is 0 Å². The van der Waals surface area contributed by atoms with Gasteiger partial charge in [0.25, 0.3) is 0 Å². The minimum absolute atomic E-state index is 0.0222. The highest BCUT2D eigenvalue weighted by atomic mass is 35.5. The molecule has 3 aromatic rings. The fourth-order valence-corrected chi connectivity index (χ4v) is 4.06. The zero-order chi connectivity index (χ0) is 20.1. The molecule has 0 aromatic heterocycles. The summed E-state index contributed by atoms with van der Waals surface area (Å²) in [5.74, 6) is -0.233. The highest BCUT2D eigenvalue weighted by Crippen LogP contribution is 2.19. The molecule has 28 heavy (non-hydrogen) atoms. The lowest BCUT2D eigenvalue weighted by atomic mass is 10.1. The molecule has 0 radical (unpaired) electrons. The van der Waals surface area contributed by atoms with Crippen LogP contribution in [0.4, 0.5) is 0 Å². The molecule has 3 rings (SSSR count). The molecule has 0 fully saturated rings. The monoisotopic (exact) mass is 416 g/mol. The third-order valence-electron chi connectivity index (χ3n) is 4.42. The molecular weight excluding hydrogens is 396 g/mol. The highest BCUT2D eigenvalue weighted by Gasteiger charge is 2.15. The lowest BCUT2D eigenvalue weighted by Gasteiger charge is -2.14. The quantitative estimate of drug-likeness (QED) is 0.610. The predicted molar refractivity (Wildman–Crippen MR) is 112 cm³/mol. The van der Waals surface area contributed by atoms with Crippen LogP contribution in [0.15, 0.2) is 71.6 Å². The average Bonchev–Trinajstić information content (AvgIpc) is 2.68. The Morgan fingerprint density at radius 1 is 1.00 bits per heavy atom. The van der Waals surface area contributed by atoms with E-state index in [4.69, 9.17) is 11.6 Å². The van der Waals surface area contributed by atoms with Crippen LogP contribution in [0.3, 0.4) is 0 Å². The lowest BCUT2D eigenvalue weighted by molar-refractivity contribution is -0.121. The number of hydrogen-bond acceptors (Lipinski definition) is 3.